The predicted molar refractivity (Wildman–Crippen MR) is 87.2 cm³/mol. The Kier molecular flexibility index (Phi) is 5.93. The van der Waals surface area contributed by atoms with Crippen molar-refractivity contribution in [3.05, 3.63) is 24.3 Å². The number of nitrogens with zero attached hydrogens (tertiary/aromatic N) is 1. The topological polar surface area (TPSA) is 29.5 Å². The molecule has 0 unspecified atom stereocenters. The van der Waals surface area contributed by atoms with E-state index < -0.39 is 10.8 Å². The van der Waals surface area contributed by atoms with Crippen molar-refractivity contribution < 1.29 is 8.95 Å². The van der Waals surface area contributed by atoms with Crippen LogP contribution in [-0.4, -0.2) is 52.1 Å². The molecule has 5 heteroatoms. The number of thioether (sulfide) groups is 1. The first kappa shape index (κ1) is 15.9. The zero-order chi connectivity index (χ0) is 14.5. The fourth-order valence-corrected chi connectivity index (χ4v) is 4.19. The van der Waals surface area contributed by atoms with Crippen LogP contribution in [0.2, 0.25) is 0 Å². The Balaban J connectivity index is 1.79. The van der Waals surface area contributed by atoms with Crippen LogP contribution in [0.3, 0.4) is 0 Å². The van der Waals surface area contributed by atoms with Gasteiger partial charge in [-0.15, -0.1) is 11.8 Å². The first-order chi connectivity index (χ1) is 9.61. The Morgan fingerprint density at radius 2 is 2.05 bits per heavy atom. The van der Waals surface area contributed by atoms with E-state index in [1.807, 2.05) is 12.1 Å². The molecule has 112 valence electrons. The van der Waals surface area contributed by atoms with Gasteiger partial charge in [0.1, 0.15) is 12.4 Å². The summed E-state index contributed by atoms with van der Waals surface area (Å²) in [5.74, 6) is 1.71. The largest absolute Gasteiger partial charge is 0.492 e. The van der Waals surface area contributed by atoms with Gasteiger partial charge in [-0.05, 0) is 44.4 Å². The van der Waals surface area contributed by atoms with Gasteiger partial charge >= 0.3 is 0 Å². The predicted octanol–water partition coefficient (Wildman–Crippen LogP) is 2.63. The molecule has 1 aliphatic heterocycles. The van der Waals surface area contributed by atoms with E-state index in [-0.39, 0.29) is 5.25 Å². The van der Waals surface area contributed by atoms with Crippen LogP contribution in [0.4, 0.5) is 0 Å². The van der Waals surface area contributed by atoms with Crippen LogP contribution in [0.5, 0.6) is 5.75 Å². The number of benzene rings is 1. The van der Waals surface area contributed by atoms with Gasteiger partial charge in [-0.1, -0.05) is 0 Å². The first-order valence-corrected chi connectivity index (χ1v) is 9.60. The molecule has 1 saturated heterocycles. The van der Waals surface area contributed by atoms with E-state index >= 15 is 0 Å². The smallest absolute Gasteiger partial charge is 0.119 e. The molecule has 1 aliphatic rings. The van der Waals surface area contributed by atoms with Gasteiger partial charge in [0.15, 0.2) is 0 Å². The molecule has 2 rings (SSSR count). The average Bonchev–Trinajstić information content (AvgIpc) is 2.48. The molecule has 1 heterocycles. The second kappa shape index (κ2) is 7.48. The molecular formula is C15H23NO2S2. The molecule has 1 aromatic carbocycles. The molecule has 1 fully saturated rings. The minimum absolute atomic E-state index is 0.254. The lowest BCUT2D eigenvalue weighted by Crippen LogP contribution is -2.50. The van der Waals surface area contributed by atoms with E-state index in [2.05, 4.69) is 37.1 Å². The third-order valence-electron chi connectivity index (χ3n) is 3.96. The summed E-state index contributed by atoms with van der Waals surface area (Å²) in [6, 6.07) is 8.56. The second-order valence-corrected chi connectivity index (χ2v) is 7.88. The number of hydrogen-bond donors (Lipinski definition) is 0. The summed E-state index contributed by atoms with van der Waals surface area (Å²) >= 11 is 1.73. The van der Waals surface area contributed by atoms with Gasteiger partial charge in [0.05, 0.1) is 0 Å². The molecule has 0 amide bonds. The van der Waals surface area contributed by atoms with Crippen molar-refractivity contribution >= 4 is 22.6 Å². The first-order valence-electron chi connectivity index (χ1n) is 7.00. The highest BCUT2D eigenvalue weighted by Gasteiger charge is 2.29. The lowest BCUT2D eigenvalue weighted by Gasteiger charge is -2.37. The number of hydrogen-bond acceptors (Lipinski definition) is 4. The Morgan fingerprint density at radius 3 is 2.70 bits per heavy atom. The molecule has 3 atom stereocenters. The van der Waals surface area contributed by atoms with Crippen molar-refractivity contribution in [2.24, 2.45) is 0 Å². The summed E-state index contributed by atoms with van der Waals surface area (Å²) in [4.78, 5) is 3.63. The summed E-state index contributed by atoms with van der Waals surface area (Å²) in [6.45, 7) is 6.73. The summed E-state index contributed by atoms with van der Waals surface area (Å²) in [5, 5.41) is 0.254. The van der Waals surface area contributed by atoms with Crippen molar-refractivity contribution in [2.75, 3.05) is 31.7 Å². The van der Waals surface area contributed by atoms with Gasteiger partial charge < -0.3 is 4.74 Å². The quantitative estimate of drug-likeness (QED) is 0.782. The van der Waals surface area contributed by atoms with E-state index in [1.54, 1.807) is 11.8 Å². The normalized spacial score (nSPS) is 27.4. The van der Waals surface area contributed by atoms with Gasteiger partial charge in [0.2, 0.25) is 0 Å². The van der Waals surface area contributed by atoms with Crippen molar-refractivity contribution in [3.63, 3.8) is 0 Å². The highest BCUT2D eigenvalue weighted by Crippen LogP contribution is 2.19. The third-order valence-corrected chi connectivity index (χ3v) is 6.51. The molecular weight excluding hydrogens is 290 g/mol. The SMILES string of the molecule is CSc1ccc(OCCN2CC[S@](=O)[C@@H](C)[C@@H]2C)cc1. The molecule has 3 nitrogen and oxygen atoms in total. The Labute approximate surface area is 128 Å². The van der Waals surface area contributed by atoms with Gasteiger partial charge in [-0.3, -0.25) is 9.11 Å². The van der Waals surface area contributed by atoms with Crippen LogP contribution < -0.4 is 4.74 Å². The van der Waals surface area contributed by atoms with Gasteiger partial charge in [-0.2, -0.15) is 0 Å². The van der Waals surface area contributed by atoms with Crippen molar-refractivity contribution in [3.8, 4) is 5.75 Å². The third kappa shape index (κ3) is 3.99. The summed E-state index contributed by atoms with van der Waals surface area (Å²) in [7, 11) is -0.666. The van der Waals surface area contributed by atoms with Crippen molar-refractivity contribution in [2.45, 2.75) is 30.0 Å². The van der Waals surface area contributed by atoms with E-state index in [4.69, 9.17) is 4.74 Å². The molecule has 0 radical (unpaired) electrons. The zero-order valence-corrected chi connectivity index (χ0v) is 14.0. The lowest BCUT2D eigenvalue weighted by molar-refractivity contribution is 0.168. The van der Waals surface area contributed by atoms with E-state index in [0.717, 1.165) is 24.6 Å². The van der Waals surface area contributed by atoms with Crippen LogP contribution in [0.15, 0.2) is 29.2 Å². The number of ether oxygens (including phenoxy) is 1. The molecule has 0 bridgehead atoms. The van der Waals surface area contributed by atoms with E-state index in [0.29, 0.717) is 12.6 Å². The summed E-state index contributed by atoms with van der Waals surface area (Å²) in [5.41, 5.74) is 0. The van der Waals surface area contributed by atoms with Crippen LogP contribution in [0.25, 0.3) is 0 Å². The van der Waals surface area contributed by atoms with Gasteiger partial charge in [0, 0.05) is 45.8 Å². The zero-order valence-electron chi connectivity index (χ0n) is 12.4. The molecule has 0 spiro atoms. The van der Waals surface area contributed by atoms with E-state index in [9.17, 15) is 4.21 Å². The van der Waals surface area contributed by atoms with Crippen LogP contribution >= 0.6 is 11.8 Å². The maximum absolute atomic E-state index is 11.8. The Bertz CT molecular complexity index is 450. The van der Waals surface area contributed by atoms with Crippen LogP contribution in [0, 0.1) is 0 Å². The minimum atomic E-state index is -0.666. The highest BCUT2D eigenvalue weighted by atomic mass is 32.2. The van der Waals surface area contributed by atoms with Crippen molar-refractivity contribution in [1.82, 2.24) is 4.90 Å². The Morgan fingerprint density at radius 1 is 1.35 bits per heavy atom. The monoisotopic (exact) mass is 313 g/mol. The molecule has 0 N–H and O–H groups in total. The van der Waals surface area contributed by atoms with Crippen molar-refractivity contribution in [1.29, 1.82) is 0 Å². The standard InChI is InChI=1S/C15H23NO2S2/c1-12-13(2)20(17)11-9-16(12)8-10-18-14-4-6-15(19-3)7-5-14/h4-7,12-13H,8-11H2,1-3H3/t12-,13-,20-/m0/s1. The highest BCUT2D eigenvalue weighted by molar-refractivity contribution is 7.98. The van der Waals surface area contributed by atoms with Crippen LogP contribution in [0.1, 0.15) is 13.8 Å². The minimum Gasteiger partial charge on any atom is -0.492 e. The molecule has 20 heavy (non-hydrogen) atoms. The molecule has 0 saturated carbocycles. The summed E-state index contributed by atoms with van der Waals surface area (Å²) in [6.07, 6.45) is 2.07. The van der Waals surface area contributed by atoms with Crippen LogP contribution in [-0.2, 0) is 10.8 Å². The fraction of sp³-hybridized carbons (Fsp3) is 0.600. The van der Waals surface area contributed by atoms with E-state index in [1.165, 1.54) is 4.90 Å². The average molecular weight is 313 g/mol. The maximum atomic E-state index is 11.8. The Hall–Kier alpha value is -0.520. The molecule has 0 aliphatic carbocycles. The maximum Gasteiger partial charge on any atom is 0.119 e. The van der Waals surface area contributed by atoms with Gasteiger partial charge in [-0.25, -0.2) is 0 Å². The second-order valence-electron chi connectivity index (χ2n) is 5.09. The number of rotatable bonds is 5. The van der Waals surface area contributed by atoms with Gasteiger partial charge in [0.25, 0.3) is 0 Å². The fourth-order valence-electron chi connectivity index (χ4n) is 2.38. The lowest BCUT2D eigenvalue weighted by atomic mass is 10.2. The molecule has 0 aromatic heterocycles. The molecule has 1 aromatic rings. The summed E-state index contributed by atoms with van der Waals surface area (Å²) < 4.78 is 17.5.